The first kappa shape index (κ1) is 17.6. The highest BCUT2D eigenvalue weighted by atomic mass is 16.5. The number of nitrogens with zero attached hydrogens (tertiary/aromatic N) is 2. The first-order valence-corrected chi connectivity index (χ1v) is 8.81. The van der Waals surface area contributed by atoms with Gasteiger partial charge in [-0.05, 0) is 63.1 Å². The maximum atomic E-state index is 12.5. The summed E-state index contributed by atoms with van der Waals surface area (Å²) in [5.41, 5.74) is 3.01. The number of carbonyl (C=O) groups is 1. The van der Waals surface area contributed by atoms with E-state index in [0.29, 0.717) is 18.8 Å². The number of rotatable bonds is 7. The minimum absolute atomic E-state index is 0.0282. The molecule has 1 atom stereocenters. The summed E-state index contributed by atoms with van der Waals surface area (Å²) in [6, 6.07) is 3.99. The van der Waals surface area contributed by atoms with E-state index in [4.69, 9.17) is 4.52 Å². The van der Waals surface area contributed by atoms with Gasteiger partial charge in [0.2, 0.25) is 5.91 Å². The molecule has 0 bridgehead atoms. The van der Waals surface area contributed by atoms with Gasteiger partial charge in [-0.1, -0.05) is 5.16 Å². The summed E-state index contributed by atoms with van der Waals surface area (Å²) in [5.74, 6) is 1.13. The average Bonchev–Trinajstić information content (AvgIpc) is 2.89. The number of aromatic nitrogens is 2. The Kier molecular flexibility index (Phi) is 5.48. The van der Waals surface area contributed by atoms with Crippen LogP contribution in [0.3, 0.4) is 0 Å². The molecule has 0 aliphatic heterocycles. The number of hydrogen-bond donors (Lipinski definition) is 2. The van der Waals surface area contributed by atoms with E-state index in [1.807, 2.05) is 26.0 Å². The third-order valence-corrected chi connectivity index (χ3v) is 5.05. The molecule has 0 spiro atoms. The van der Waals surface area contributed by atoms with Gasteiger partial charge in [-0.15, -0.1) is 0 Å². The normalized spacial score (nSPS) is 20.8. The molecule has 6 heteroatoms. The van der Waals surface area contributed by atoms with Crippen molar-refractivity contribution in [1.82, 2.24) is 15.5 Å². The molecule has 2 aromatic rings. The lowest BCUT2D eigenvalue weighted by atomic mass is 9.75. The second-order valence-electron chi connectivity index (χ2n) is 6.92. The van der Waals surface area contributed by atoms with Crippen LogP contribution in [-0.4, -0.2) is 33.3 Å². The molecule has 1 fully saturated rings. The van der Waals surface area contributed by atoms with Gasteiger partial charge in [0.05, 0.1) is 11.8 Å². The van der Waals surface area contributed by atoms with Gasteiger partial charge in [0.25, 0.3) is 0 Å². The van der Waals surface area contributed by atoms with E-state index < -0.39 is 0 Å². The molecule has 0 radical (unpaired) electrons. The predicted molar refractivity (Wildman–Crippen MR) is 92.9 cm³/mol. The fourth-order valence-corrected chi connectivity index (χ4v) is 3.44. The number of amides is 1. The minimum atomic E-state index is -0.232. The Morgan fingerprint density at radius 2 is 2.08 bits per heavy atom. The lowest BCUT2D eigenvalue weighted by Crippen LogP contribution is -2.48. The number of pyridine rings is 1. The molecular weight excluding hydrogens is 318 g/mol. The zero-order valence-corrected chi connectivity index (χ0v) is 14.7. The Labute approximate surface area is 147 Å². The van der Waals surface area contributed by atoms with Gasteiger partial charge in [0.15, 0.2) is 0 Å². The zero-order valence-electron chi connectivity index (χ0n) is 14.7. The highest BCUT2D eigenvalue weighted by Crippen LogP contribution is 2.31. The molecule has 0 aromatic carbocycles. The molecule has 3 rings (SSSR count). The molecule has 1 amide bonds. The summed E-state index contributed by atoms with van der Waals surface area (Å²) in [4.78, 5) is 16.5. The number of aliphatic hydroxyl groups excluding tert-OH is 1. The summed E-state index contributed by atoms with van der Waals surface area (Å²) in [5, 5.41) is 16.7. The van der Waals surface area contributed by atoms with Crippen molar-refractivity contribution in [3.8, 4) is 0 Å². The maximum absolute atomic E-state index is 12.5. The third kappa shape index (κ3) is 4.45. The van der Waals surface area contributed by atoms with Crippen LogP contribution in [0.4, 0.5) is 0 Å². The third-order valence-electron chi connectivity index (χ3n) is 5.05. The van der Waals surface area contributed by atoms with Gasteiger partial charge in [-0.25, -0.2) is 0 Å². The van der Waals surface area contributed by atoms with Crippen LogP contribution in [-0.2, 0) is 17.6 Å². The van der Waals surface area contributed by atoms with Gasteiger partial charge in [0.1, 0.15) is 5.76 Å². The summed E-state index contributed by atoms with van der Waals surface area (Å²) >= 11 is 0. The molecule has 6 nitrogen and oxygen atoms in total. The predicted octanol–water partition coefficient (Wildman–Crippen LogP) is 2.12. The topological polar surface area (TPSA) is 88.3 Å². The number of carbonyl (C=O) groups excluding carboxylic acids is 1. The van der Waals surface area contributed by atoms with Crippen molar-refractivity contribution in [2.75, 3.05) is 0 Å². The van der Waals surface area contributed by atoms with Crippen molar-refractivity contribution in [2.24, 2.45) is 5.92 Å². The van der Waals surface area contributed by atoms with Gasteiger partial charge < -0.3 is 14.9 Å². The second-order valence-corrected chi connectivity index (χ2v) is 6.92. The smallest absolute Gasteiger partial charge is 0.220 e. The van der Waals surface area contributed by atoms with E-state index in [1.165, 1.54) is 0 Å². The van der Waals surface area contributed by atoms with Crippen LogP contribution in [0.2, 0.25) is 0 Å². The highest BCUT2D eigenvalue weighted by molar-refractivity contribution is 5.76. The van der Waals surface area contributed by atoms with Crippen LogP contribution in [0, 0.1) is 19.8 Å². The van der Waals surface area contributed by atoms with Crippen LogP contribution in [0.25, 0.3) is 0 Å². The Hall–Kier alpha value is -2.21. The van der Waals surface area contributed by atoms with Gasteiger partial charge in [0, 0.05) is 30.4 Å². The standard InChI is InChI=1S/C19H25N3O3/c1-12-17(13(2)25-22-12)3-4-19(24)21-18(15-10-16(23)11-15)9-14-5-7-20-8-6-14/h5-8,15-16,18,23H,3-4,9-11H2,1-2H3,(H,21,24)/t15?,16?,18-/m1/s1. The SMILES string of the molecule is Cc1noc(C)c1CCC(=O)N[C@H](Cc1ccncc1)C1CC(O)C1. The van der Waals surface area contributed by atoms with E-state index >= 15 is 0 Å². The first-order chi connectivity index (χ1) is 12.0. The monoisotopic (exact) mass is 343 g/mol. The van der Waals surface area contributed by atoms with Crippen LogP contribution < -0.4 is 5.32 Å². The van der Waals surface area contributed by atoms with Crippen molar-refractivity contribution in [3.63, 3.8) is 0 Å². The molecule has 1 aliphatic rings. The summed E-state index contributed by atoms with van der Waals surface area (Å²) < 4.78 is 5.15. The van der Waals surface area contributed by atoms with E-state index in [0.717, 1.165) is 41.8 Å². The Morgan fingerprint density at radius 1 is 1.36 bits per heavy atom. The molecule has 1 aliphatic carbocycles. The second kappa shape index (κ2) is 7.78. The van der Waals surface area contributed by atoms with Crippen molar-refractivity contribution in [1.29, 1.82) is 0 Å². The minimum Gasteiger partial charge on any atom is -0.393 e. The van der Waals surface area contributed by atoms with Gasteiger partial charge >= 0.3 is 0 Å². The first-order valence-electron chi connectivity index (χ1n) is 8.81. The van der Waals surface area contributed by atoms with E-state index in [-0.39, 0.29) is 18.1 Å². The van der Waals surface area contributed by atoms with Crippen molar-refractivity contribution >= 4 is 5.91 Å². The quantitative estimate of drug-likeness (QED) is 0.804. The largest absolute Gasteiger partial charge is 0.393 e. The molecule has 2 N–H and O–H groups in total. The molecule has 134 valence electrons. The fraction of sp³-hybridized carbons (Fsp3) is 0.526. The Morgan fingerprint density at radius 3 is 2.68 bits per heavy atom. The Bertz CT molecular complexity index is 688. The van der Waals surface area contributed by atoms with Crippen LogP contribution in [0.1, 0.15) is 41.8 Å². The maximum Gasteiger partial charge on any atom is 0.220 e. The molecule has 2 aromatic heterocycles. The summed E-state index contributed by atoms with van der Waals surface area (Å²) in [7, 11) is 0. The number of aryl methyl sites for hydroxylation is 2. The molecule has 2 heterocycles. The van der Waals surface area contributed by atoms with Crippen LogP contribution in [0.15, 0.2) is 29.0 Å². The van der Waals surface area contributed by atoms with E-state index in [2.05, 4.69) is 15.5 Å². The fourth-order valence-electron chi connectivity index (χ4n) is 3.44. The lowest BCUT2D eigenvalue weighted by molar-refractivity contribution is -0.122. The van der Waals surface area contributed by atoms with Gasteiger partial charge in [-0.3, -0.25) is 9.78 Å². The Balaban J connectivity index is 1.58. The molecule has 0 unspecified atom stereocenters. The number of hydrogen-bond acceptors (Lipinski definition) is 5. The van der Waals surface area contributed by atoms with Gasteiger partial charge in [-0.2, -0.15) is 0 Å². The molecule has 25 heavy (non-hydrogen) atoms. The average molecular weight is 343 g/mol. The summed E-state index contributed by atoms with van der Waals surface area (Å²) in [6.07, 6.45) is 6.59. The highest BCUT2D eigenvalue weighted by Gasteiger charge is 2.34. The molecular formula is C19H25N3O3. The van der Waals surface area contributed by atoms with E-state index in [1.54, 1.807) is 12.4 Å². The number of aliphatic hydroxyl groups is 1. The molecule has 1 saturated carbocycles. The lowest BCUT2D eigenvalue weighted by Gasteiger charge is -2.38. The zero-order chi connectivity index (χ0) is 17.8. The number of nitrogens with one attached hydrogen (secondary N) is 1. The van der Waals surface area contributed by atoms with E-state index in [9.17, 15) is 9.90 Å². The van der Waals surface area contributed by atoms with Crippen molar-refractivity contribution < 1.29 is 14.4 Å². The molecule has 0 saturated heterocycles. The van der Waals surface area contributed by atoms with Crippen LogP contribution in [0.5, 0.6) is 0 Å². The van der Waals surface area contributed by atoms with Crippen molar-refractivity contribution in [2.45, 2.75) is 58.1 Å². The summed E-state index contributed by atoms with van der Waals surface area (Å²) in [6.45, 7) is 3.76. The van der Waals surface area contributed by atoms with Crippen LogP contribution >= 0.6 is 0 Å². The van der Waals surface area contributed by atoms with Crippen molar-refractivity contribution in [3.05, 3.63) is 47.1 Å².